The maximum Gasteiger partial charge on any atom is 0.177 e. The van der Waals surface area contributed by atoms with Gasteiger partial charge in [0.2, 0.25) is 0 Å². The molecule has 0 saturated carbocycles. The van der Waals surface area contributed by atoms with Crippen LogP contribution in [0.3, 0.4) is 0 Å². The molecule has 0 spiro atoms. The first-order valence-electron chi connectivity index (χ1n) is 4.67. The molecule has 0 bridgehead atoms. The van der Waals surface area contributed by atoms with Gasteiger partial charge in [0.15, 0.2) is 9.84 Å². The van der Waals surface area contributed by atoms with E-state index >= 15 is 0 Å². The van der Waals surface area contributed by atoms with Crippen LogP contribution in [-0.2, 0) is 9.84 Å². The summed E-state index contributed by atoms with van der Waals surface area (Å²) in [5, 5.41) is 3.10. The van der Waals surface area contributed by atoms with Crippen molar-refractivity contribution in [2.24, 2.45) is 0 Å². The largest absolute Gasteiger partial charge is 0.396 e. The van der Waals surface area contributed by atoms with E-state index in [0.29, 0.717) is 5.69 Å². The van der Waals surface area contributed by atoms with E-state index in [2.05, 4.69) is 5.32 Å². The molecule has 0 aromatic heterocycles. The quantitative estimate of drug-likeness (QED) is 0.769. The van der Waals surface area contributed by atoms with Crippen molar-refractivity contribution < 1.29 is 8.42 Å². The fraction of sp³-hybridized carbons (Fsp3) is 0.400. The van der Waals surface area contributed by atoms with Crippen molar-refractivity contribution >= 4 is 21.2 Å². The van der Waals surface area contributed by atoms with Crippen molar-refractivity contribution in [2.75, 3.05) is 17.3 Å². The van der Waals surface area contributed by atoms with E-state index in [1.165, 1.54) is 6.07 Å². The van der Waals surface area contributed by atoms with Gasteiger partial charge in [-0.2, -0.15) is 0 Å². The Morgan fingerprint density at radius 2 is 1.93 bits per heavy atom. The molecular formula is C10H16N2O2S. The van der Waals surface area contributed by atoms with Gasteiger partial charge in [0.25, 0.3) is 0 Å². The average Bonchev–Trinajstić information content (AvgIpc) is 2.05. The zero-order valence-electron chi connectivity index (χ0n) is 9.11. The van der Waals surface area contributed by atoms with E-state index in [1.54, 1.807) is 12.1 Å². The highest BCUT2D eigenvalue weighted by atomic mass is 32.2. The highest BCUT2D eigenvalue weighted by molar-refractivity contribution is 7.90. The third-order valence-electron chi connectivity index (χ3n) is 1.91. The van der Waals surface area contributed by atoms with Gasteiger partial charge in [-0.3, -0.25) is 0 Å². The van der Waals surface area contributed by atoms with Crippen LogP contribution in [0.15, 0.2) is 23.1 Å². The summed E-state index contributed by atoms with van der Waals surface area (Å²) in [6, 6.07) is 5.17. The standard InChI is InChI=1S/C10H16N2O2S/c1-7(2)12-8-5-4-6-9(10(8)11)15(3,13)14/h4-7,12H,11H2,1-3H3. The summed E-state index contributed by atoms with van der Waals surface area (Å²) in [6.07, 6.45) is 1.15. The molecule has 0 heterocycles. The minimum absolute atomic E-state index is 0.174. The Kier molecular flexibility index (Phi) is 3.24. The first-order chi connectivity index (χ1) is 6.82. The molecule has 1 aromatic carbocycles. The van der Waals surface area contributed by atoms with Crippen molar-refractivity contribution in [1.29, 1.82) is 0 Å². The van der Waals surface area contributed by atoms with Crippen LogP contribution >= 0.6 is 0 Å². The number of benzene rings is 1. The van der Waals surface area contributed by atoms with Crippen LogP contribution in [-0.4, -0.2) is 20.7 Å². The lowest BCUT2D eigenvalue weighted by Crippen LogP contribution is -2.13. The number of nitrogens with two attached hydrogens (primary N) is 1. The lowest BCUT2D eigenvalue weighted by Gasteiger charge is -2.14. The van der Waals surface area contributed by atoms with Crippen molar-refractivity contribution in [1.82, 2.24) is 0 Å². The fourth-order valence-corrected chi connectivity index (χ4v) is 2.14. The molecule has 0 radical (unpaired) electrons. The molecule has 1 rings (SSSR count). The predicted molar refractivity (Wildman–Crippen MR) is 62.7 cm³/mol. The second-order valence-corrected chi connectivity index (χ2v) is 5.77. The van der Waals surface area contributed by atoms with Gasteiger partial charge in [-0.1, -0.05) is 6.07 Å². The Morgan fingerprint density at radius 3 is 2.40 bits per heavy atom. The number of hydrogen-bond donors (Lipinski definition) is 2. The molecule has 5 heteroatoms. The Morgan fingerprint density at radius 1 is 1.33 bits per heavy atom. The molecule has 0 unspecified atom stereocenters. The molecule has 0 amide bonds. The topological polar surface area (TPSA) is 72.2 Å². The van der Waals surface area contributed by atoms with Crippen LogP contribution in [0.5, 0.6) is 0 Å². The summed E-state index contributed by atoms with van der Waals surface area (Å²) in [5.41, 5.74) is 6.72. The molecule has 0 aliphatic carbocycles. The second kappa shape index (κ2) is 4.10. The maximum atomic E-state index is 11.4. The smallest absolute Gasteiger partial charge is 0.177 e. The van der Waals surface area contributed by atoms with Gasteiger partial charge in [0, 0.05) is 12.3 Å². The van der Waals surface area contributed by atoms with Gasteiger partial charge in [0.1, 0.15) is 0 Å². The van der Waals surface area contributed by atoms with Crippen molar-refractivity contribution in [3.8, 4) is 0 Å². The molecule has 0 atom stereocenters. The van der Waals surface area contributed by atoms with E-state index in [-0.39, 0.29) is 16.6 Å². The zero-order chi connectivity index (χ0) is 11.6. The summed E-state index contributed by atoms with van der Waals surface area (Å²) < 4.78 is 22.8. The van der Waals surface area contributed by atoms with E-state index in [9.17, 15) is 8.42 Å². The summed E-state index contributed by atoms with van der Waals surface area (Å²) in [7, 11) is -3.26. The summed E-state index contributed by atoms with van der Waals surface area (Å²) in [6.45, 7) is 3.93. The number of sulfone groups is 1. The highest BCUT2D eigenvalue weighted by Crippen LogP contribution is 2.26. The Bertz CT molecular complexity index is 452. The molecule has 0 aliphatic heterocycles. The van der Waals surface area contributed by atoms with Crippen LogP contribution in [0.4, 0.5) is 11.4 Å². The number of nitrogens with one attached hydrogen (secondary N) is 1. The molecule has 0 aliphatic rings. The average molecular weight is 228 g/mol. The van der Waals surface area contributed by atoms with E-state index < -0.39 is 9.84 Å². The minimum Gasteiger partial charge on any atom is -0.396 e. The van der Waals surface area contributed by atoms with Crippen molar-refractivity contribution in [3.63, 3.8) is 0 Å². The van der Waals surface area contributed by atoms with Gasteiger partial charge in [-0.15, -0.1) is 0 Å². The monoisotopic (exact) mass is 228 g/mol. The van der Waals surface area contributed by atoms with E-state index in [1.807, 2.05) is 13.8 Å². The highest BCUT2D eigenvalue weighted by Gasteiger charge is 2.14. The minimum atomic E-state index is -3.26. The molecule has 3 N–H and O–H groups in total. The maximum absolute atomic E-state index is 11.4. The SMILES string of the molecule is CC(C)Nc1cccc(S(C)(=O)=O)c1N. The van der Waals surface area contributed by atoms with E-state index in [4.69, 9.17) is 5.73 Å². The van der Waals surface area contributed by atoms with Crippen molar-refractivity contribution in [3.05, 3.63) is 18.2 Å². The Hall–Kier alpha value is -1.23. The second-order valence-electron chi connectivity index (χ2n) is 3.79. The fourth-order valence-electron chi connectivity index (χ4n) is 1.30. The van der Waals surface area contributed by atoms with Gasteiger partial charge < -0.3 is 11.1 Å². The summed E-state index contributed by atoms with van der Waals surface area (Å²) in [5.74, 6) is 0. The van der Waals surface area contributed by atoms with E-state index in [0.717, 1.165) is 6.26 Å². The summed E-state index contributed by atoms with van der Waals surface area (Å²) in [4.78, 5) is 0.174. The molecular weight excluding hydrogens is 212 g/mol. The van der Waals surface area contributed by atoms with Gasteiger partial charge in [-0.25, -0.2) is 8.42 Å². The van der Waals surface area contributed by atoms with Gasteiger partial charge in [-0.05, 0) is 26.0 Å². The number of rotatable bonds is 3. The molecule has 84 valence electrons. The lowest BCUT2D eigenvalue weighted by molar-refractivity contribution is 0.602. The Labute approximate surface area is 90.4 Å². The lowest BCUT2D eigenvalue weighted by atomic mass is 10.2. The molecule has 0 saturated heterocycles. The normalized spacial score (nSPS) is 11.7. The van der Waals surface area contributed by atoms with Crippen LogP contribution < -0.4 is 11.1 Å². The number of nitrogen functional groups attached to an aromatic ring is 1. The zero-order valence-corrected chi connectivity index (χ0v) is 9.93. The van der Waals surface area contributed by atoms with Gasteiger partial charge >= 0.3 is 0 Å². The Balaban J connectivity index is 3.24. The first-order valence-corrected chi connectivity index (χ1v) is 6.56. The third-order valence-corrected chi connectivity index (χ3v) is 3.06. The van der Waals surface area contributed by atoms with Crippen LogP contribution in [0, 0.1) is 0 Å². The van der Waals surface area contributed by atoms with Crippen LogP contribution in [0.2, 0.25) is 0 Å². The first kappa shape index (κ1) is 11.8. The summed E-state index contributed by atoms with van der Waals surface area (Å²) >= 11 is 0. The molecule has 1 aromatic rings. The third kappa shape index (κ3) is 2.86. The van der Waals surface area contributed by atoms with Crippen LogP contribution in [0.1, 0.15) is 13.8 Å². The van der Waals surface area contributed by atoms with Crippen LogP contribution in [0.25, 0.3) is 0 Å². The molecule has 15 heavy (non-hydrogen) atoms. The van der Waals surface area contributed by atoms with Crippen molar-refractivity contribution in [2.45, 2.75) is 24.8 Å². The van der Waals surface area contributed by atoms with Gasteiger partial charge in [0.05, 0.1) is 16.3 Å². The number of hydrogen-bond acceptors (Lipinski definition) is 4. The number of para-hydroxylation sites is 1. The predicted octanol–water partition coefficient (Wildman–Crippen LogP) is 1.49. The molecule has 0 fully saturated rings. The molecule has 4 nitrogen and oxygen atoms in total. The number of anilines is 2.